The van der Waals surface area contributed by atoms with E-state index in [1.54, 1.807) is 20.8 Å². The number of ether oxygens (including phenoxy) is 1. The van der Waals surface area contributed by atoms with Gasteiger partial charge in [-0.3, -0.25) is 14.5 Å². The Morgan fingerprint density at radius 2 is 1.90 bits per heavy atom. The van der Waals surface area contributed by atoms with E-state index in [1.807, 2.05) is 31.2 Å². The van der Waals surface area contributed by atoms with Crippen molar-refractivity contribution in [1.82, 2.24) is 9.88 Å². The molecular formula is C24H32N2O4. The van der Waals surface area contributed by atoms with E-state index in [9.17, 15) is 14.7 Å². The third-order valence-electron chi connectivity index (χ3n) is 5.56. The predicted molar refractivity (Wildman–Crippen MR) is 117 cm³/mol. The lowest BCUT2D eigenvalue weighted by Crippen LogP contribution is -2.37. The molecule has 0 bridgehead atoms. The Morgan fingerprint density at radius 3 is 2.53 bits per heavy atom. The average molecular weight is 413 g/mol. The van der Waals surface area contributed by atoms with Gasteiger partial charge in [0.15, 0.2) is 0 Å². The Bertz CT molecular complexity index is 930. The van der Waals surface area contributed by atoms with Crippen LogP contribution in [0.2, 0.25) is 0 Å². The summed E-state index contributed by atoms with van der Waals surface area (Å²) in [5.74, 6) is -0.188. The van der Waals surface area contributed by atoms with E-state index < -0.39 is 11.6 Å². The van der Waals surface area contributed by atoms with Crippen molar-refractivity contribution in [2.45, 2.75) is 51.6 Å². The van der Waals surface area contributed by atoms with Crippen LogP contribution in [0.3, 0.4) is 0 Å². The number of hydrogen-bond acceptors (Lipinski definition) is 5. The van der Waals surface area contributed by atoms with E-state index in [0.717, 1.165) is 17.8 Å². The first-order chi connectivity index (χ1) is 14.2. The molecule has 0 saturated carbocycles. The number of nitrogens with one attached hydrogen (secondary N) is 1. The molecule has 2 N–H and O–H groups in total. The monoisotopic (exact) mass is 412 g/mol. The summed E-state index contributed by atoms with van der Waals surface area (Å²) in [7, 11) is 0. The number of likely N-dealkylation sites (tertiary alicyclic amines) is 1. The van der Waals surface area contributed by atoms with Gasteiger partial charge in [0.25, 0.3) is 5.56 Å². The number of aliphatic hydroxyl groups is 1. The Hall–Kier alpha value is -2.44. The predicted octanol–water partition coefficient (Wildman–Crippen LogP) is 2.74. The van der Waals surface area contributed by atoms with E-state index >= 15 is 0 Å². The molecular weight excluding hydrogens is 380 g/mol. The van der Waals surface area contributed by atoms with Crippen LogP contribution in [0.4, 0.5) is 0 Å². The molecule has 0 radical (unpaired) electrons. The molecule has 1 saturated heterocycles. The molecule has 6 heteroatoms. The highest BCUT2D eigenvalue weighted by molar-refractivity contribution is 5.73. The molecule has 0 spiro atoms. The first kappa shape index (κ1) is 22.2. The number of β-amino-alcohol motifs (C(OH)–C–C–N with tert-alkyl or cyclic N) is 1. The summed E-state index contributed by atoms with van der Waals surface area (Å²) in [6.07, 6.45) is -0.0394. The van der Waals surface area contributed by atoms with Gasteiger partial charge in [-0.05, 0) is 44.9 Å². The molecule has 1 fully saturated rings. The zero-order chi connectivity index (χ0) is 21.9. The van der Waals surface area contributed by atoms with Crippen LogP contribution in [0, 0.1) is 6.92 Å². The number of pyridine rings is 1. The van der Waals surface area contributed by atoms with Crippen molar-refractivity contribution in [1.29, 1.82) is 0 Å². The smallest absolute Gasteiger partial charge is 0.310 e. The number of aromatic amines is 1. The summed E-state index contributed by atoms with van der Waals surface area (Å²) in [4.78, 5) is 30.1. The number of H-pyrrole nitrogens is 1. The molecule has 0 aliphatic carbocycles. The minimum absolute atomic E-state index is 0.0394. The third kappa shape index (κ3) is 5.37. The van der Waals surface area contributed by atoms with Crippen LogP contribution in [-0.2, 0) is 16.0 Å². The number of esters is 1. The molecule has 0 amide bonds. The summed E-state index contributed by atoms with van der Waals surface area (Å²) >= 11 is 0. The molecule has 2 aromatic rings. The zero-order valence-electron chi connectivity index (χ0n) is 18.3. The number of carbonyl (C=O) groups is 1. The van der Waals surface area contributed by atoms with E-state index in [-0.39, 0.29) is 30.4 Å². The van der Waals surface area contributed by atoms with Crippen LogP contribution < -0.4 is 5.56 Å². The topological polar surface area (TPSA) is 82.6 Å². The van der Waals surface area contributed by atoms with Crippen LogP contribution in [0.25, 0.3) is 0 Å². The van der Waals surface area contributed by atoms with E-state index in [0.29, 0.717) is 18.7 Å². The fourth-order valence-electron chi connectivity index (χ4n) is 4.53. The largest absolute Gasteiger partial charge is 0.466 e. The van der Waals surface area contributed by atoms with Crippen LogP contribution in [0.1, 0.15) is 55.0 Å². The third-order valence-corrected chi connectivity index (χ3v) is 5.56. The second kappa shape index (κ2) is 9.14. The molecule has 6 nitrogen and oxygen atoms in total. The Kier molecular flexibility index (Phi) is 6.78. The lowest BCUT2D eigenvalue weighted by atomic mass is 9.82. The molecule has 2 heterocycles. The fraction of sp³-hybridized carbons (Fsp3) is 0.500. The van der Waals surface area contributed by atoms with Crippen LogP contribution in [-0.4, -0.2) is 52.8 Å². The second-order valence-corrected chi connectivity index (χ2v) is 8.83. The minimum atomic E-state index is -0.812. The first-order valence-electron chi connectivity index (χ1n) is 10.6. The SMILES string of the molecule is CCOC(=O)Cc1c([C@@H]2CN(CC(C)(C)O)C[C@@H]2c2ccccc2)cc(C)[nH]c1=O. The maximum Gasteiger partial charge on any atom is 0.310 e. The highest BCUT2D eigenvalue weighted by atomic mass is 16.5. The lowest BCUT2D eigenvalue weighted by molar-refractivity contribution is -0.142. The van der Waals surface area contributed by atoms with Crippen LogP contribution in [0.15, 0.2) is 41.2 Å². The molecule has 1 aromatic carbocycles. The summed E-state index contributed by atoms with van der Waals surface area (Å²) in [5.41, 5.74) is 2.31. The molecule has 0 unspecified atom stereocenters. The number of aryl methyl sites for hydroxylation is 1. The van der Waals surface area contributed by atoms with Crippen molar-refractivity contribution >= 4 is 5.97 Å². The lowest BCUT2D eigenvalue weighted by Gasteiger charge is -2.25. The van der Waals surface area contributed by atoms with Crippen molar-refractivity contribution < 1.29 is 14.6 Å². The van der Waals surface area contributed by atoms with Gasteiger partial charge in [0.2, 0.25) is 0 Å². The summed E-state index contributed by atoms with van der Waals surface area (Å²) in [6, 6.07) is 12.2. The highest BCUT2D eigenvalue weighted by Crippen LogP contribution is 2.41. The number of carbonyl (C=O) groups excluding carboxylic acids is 1. The maximum absolute atomic E-state index is 12.8. The molecule has 30 heavy (non-hydrogen) atoms. The van der Waals surface area contributed by atoms with Gasteiger partial charge in [0.05, 0.1) is 18.6 Å². The van der Waals surface area contributed by atoms with Crippen LogP contribution >= 0.6 is 0 Å². The Morgan fingerprint density at radius 1 is 1.23 bits per heavy atom. The van der Waals surface area contributed by atoms with Crippen molar-refractivity contribution in [3.63, 3.8) is 0 Å². The van der Waals surface area contributed by atoms with Gasteiger partial charge in [0.1, 0.15) is 0 Å². The molecule has 3 rings (SSSR count). The van der Waals surface area contributed by atoms with Crippen LogP contribution in [0.5, 0.6) is 0 Å². The standard InChI is InChI=1S/C24H32N2O4/c1-5-30-22(27)12-19-18(11-16(2)25-23(19)28)21-14-26(15-24(3,4)29)13-20(21)17-9-7-6-8-10-17/h6-11,20-21,29H,5,12-15H2,1-4H3,(H,25,28)/t20-,21+/m1/s1. The van der Waals surface area contributed by atoms with Crippen molar-refractivity contribution in [3.05, 3.63) is 69.1 Å². The second-order valence-electron chi connectivity index (χ2n) is 8.83. The number of hydrogen-bond donors (Lipinski definition) is 2. The molecule has 2 atom stereocenters. The van der Waals surface area contributed by atoms with E-state index in [1.165, 1.54) is 5.56 Å². The Labute approximate surface area is 177 Å². The normalized spacial score (nSPS) is 19.8. The summed E-state index contributed by atoms with van der Waals surface area (Å²) < 4.78 is 5.11. The molecule has 1 aliphatic heterocycles. The highest BCUT2D eigenvalue weighted by Gasteiger charge is 2.38. The first-order valence-corrected chi connectivity index (χ1v) is 10.6. The van der Waals surface area contributed by atoms with Gasteiger partial charge >= 0.3 is 5.97 Å². The zero-order valence-corrected chi connectivity index (χ0v) is 18.3. The molecule has 1 aliphatic rings. The van der Waals surface area contributed by atoms with Crippen molar-refractivity contribution in [2.75, 3.05) is 26.2 Å². The van der Waals surface area contributed by atoms with Gasteiger partial charge in [-0.25, -0.2) is 0 Å². The molecule has 162 valence electrons. The number of nitrogens with zero attached hydrogens (tertiary/aromatic N) is 1. The van der Waals surface area contributed by atoms with E-state index in [2.05, 4.69) is 22.0 Å². The number of rotatable bonds is 7. The molecule has 1 aromatic heterocycles. The van der Waals surface area contributed by atoms with Crippen molar-refractivity contribution in [3.8, 4) is 0 Å². The van der Waals surface area contributed by atoms with Gasteiger partial charge in [-0.15, -0.1) is 0 Å². The fourth-order valence-corrected chi connectivity index (χ4v) is 4.53. The quantitative estimate of drug-likeness (QED) is 0.684. The van der Waals surface area contributed by atoms with Gasteiger partial charge in [-0.2, -0.15) is 0 Å². The van der Waals surface area contributed by atoms with Gasteiger partial charge < -0.3 is 14.8 Å². The average Bonchev–Trinajstić information content (AvgIpc) is 3.06. The summed E-state index contributed by atoms with van der Waals surface area (Å²) in [5, 5.41) is 10.4. The van der Waals surface area contributed by atoms with Gasteiger partial charge in [-0.1, -0.05) is 30.3 Å². The van der Waals surface area contributed by atoms with E-state index in [4.69, 9.17) is 4.74 Å². The maximum atomic E-state index is 12.8. The number of benzene rings is 1. The number of aromatic nitrogens is 1. The van der Waals surface area contributed by atoms with Gasteiger partial charge in [0, 0.05) is 42.7 Å². The summed E-state index contributed by atoms with van der Waals surface area (Å²) in [6.45, 7) is 9.55. The Balaban J connectivity index is 2.03. The minimum Gasteiger partial charge on any atom is -0.466 e. The van der Waals surface area contributed by atoms with Crippen molar-refractivity contribution in [2.24, 2.45) is 0 Å².